The maximum atomic E-state index is 12.5. The van der Waals surface area contributed by atoms with Gasteiger partial charge in [-0.15, -0.1) is 0 Å². The quantitative estimate of drug-likeness (QED) is 0.907. The van der Waals surface area contributed by atoms with Crippen LogP contribution in [0.25, 0.3) is 6.08 Å². The molecule has 130 valence electrons. The zero-order chi connectivity index (χ0) is 17.6. The molecule has 1 saturated heterocycles. The number of pyridine rings is 1. The molecular weight excluding hydrogens is 310 g/mol. The summed E-state index contributed by atoms with van der Waals surface area (Å²) in [6, 6.07) is 16.1. The summed E-state index contributed by atoms with van der Waals surface area (Å²) in [6.07, 6.45) is 3.97. The predicted octanol–water partition coefficient (Wildman–Crippen LogP) is 4.34. The minimum atomic E-state index is 0.0159. The fourth-order valence-electron chi connectivity index (χ4n) is 3.10. The molecule has 0 radical (unpaired) electrons. The topological polar surface area (TPSA) is 45.2 Å². The molecule has 25 heavy (non-hydrogen) atoms. The van der Waals surface area contributed by atoms with E-state index in [0.29, 0.717) is 0 Å². The summed E-state index contributed by atoms with van der Waals surface area (Å²) in [6.45, 7) is 5.53. The first kappa shape index (κ1) is 17.2. The molecule has 1 aromatic heterocycles. The summed E-state index contributed by atoms with van der Waals surface area (Å²) in [7, 11) is 0. The minimum Gasteiger partial charge on any atom is -0.331 e. The molecule has 1 aliphatic rings. The van der Waals surface area contributed by atoms with Crippen LogP contribution in [0.5, 0.6) is 0 Å². The lowest BCUT2D eigenvalue weighted by Crippen LogP contribution is -2.44. The molecule has 2 heterocycles. The van der Waals surface area contributed by atoms with E-state index in [1.807, 2.05) is 67.3 Å². The molecule has 1 aromatic carbocycles. The van der Waals surface area contributed by atoms with Crippen LogP contribution in [-0.4, -0.2) is 29.0 Å². The molecule has 0 spiro atoms. The molecular formula is C21H25N3O. The third kappa shape index (κ3) is 4.69. The highest BCUT2D eigenvalue weighted by Gasteiger charge is 2.20. The van der Waals surface area contributed by atoms with Gasteiger partial charge in [-0.3, -0.25) is 4.98 Å². The molecule has 2 amide bonds. The maximum absolute atomic E-state index is 12.5. The molecule has 1 atom stereocenters. The Hall–Kier alpha value is -2.62. The van der Waals surface area contributed by atoms with Crippen molar-refractivity contribution in [2.24, 2.45) is 0 Å². The van der Waals surface area contributed by atoms with Crippen molar-refractivity contribution in [3.05, 3.63) is 71.1 Å². The summed E-state index contributed by atoms with van der Waals surface area (Å²) in [5, 5.41) is 3.09. The second-order valence-electron chi connectivity index (χ2n) is 6.58. The maximum Gasteiger partial charge on any atom is 0.317 e. The molecule has 2 aromatic rings. The van der Waals surface area contributed by atoms with Gasteiger partial charge >= 0.3 is 6.03 Å². The average molecular weight is 335 g/mol. The van der Waals surface area contributed by atoms with E-state index in [1.54, 1.807) is 0 Å². The zero-order valence-electron chi connectivity index (χ0n) is 14.9. The summed E-state index contributed by atoms with van der Waals surface area (Å²) in [5.41, 5.74) is 4.52. The van der Waals surface area contributed by atoms with E-state index in [-0.39, 0.29) is 12.1 Å². The molecule has 1 aliphatic heterocycles. The second-order valence-corrected chi connectivity index (χ2v) is 6.58. The van der Waals surface area contributed by atoms with Crippen molar-refractivity contribution in [3.8, 4) is 0 Å². The number of nitrogens with zero attached hydrogens (tertiary/aromatic N) is 2. The molecule has 1 fully saturated rings. The lowest BCUT2D eigenvalue weighted by atomic mass is 10.0. The fourth-order valence-corrected chi connectivity index (χ4v) is 3.10. The zero-order valence-corrected chi connectivity index (χ0v) is 14.9. The van der Waals surface area contributed by atoms with Crippen LogP contribution in [0.4, 0.5) is 4.79 Å². The summed E-state index contributed by atoms with van der Waals surface area (Å²) in [5.74, 6) is 0. The first-order chi connectivity index (χ1) is 12.1. The van der Waals surface area contributed by atoms with Crippen molar-refractivity contribution in [1.82, 2.24) is 15.2 Å². The SMILES string of the molecule is Cc1cccc(C=C2CCN(C(=O)N[C@@H](C)c3ccccc3)CC2)n1. The molecule has 4 heteroatoms. The molecule has 0 aliphatic carbocycles. The molecule has 0 saturated carbocycles. The number of hydrogen-bond donors (Lipinski definition) is 1. The van der Waals surface area contributed by atoms with Gasteiger partial charge < -0.3 is 10.2 Å². The lowest BCUT2D eigenvalue weighted by Gasteiger charge is -2.30. The smallest absolute Gasteiger partial charge is 0.317 e. The average Bonchev–Trinajstić information content (AvgIpc) is 2.63. The van der Waals surface area contributed by atoms with Gasteiger partial charge in [0.15, 0.2) is 0 Å². The molecule has 0 unspecified atom stereocenters. The molecule has 4 nitrogen and oxygen atoms in total. The first-order valence-corrected chi connectivity index (χ1v) is 8.85. The van der Waals surface area contributed by atoms with Gasteiger partial charge in [0.05, 0.1) is 11.7 Å². The van der Waals surface area contributed by atoms with E-state index in [1.165, 1.54) is 5.57 Å². The van der Waals surface area contributed by atoms with Crippen LogP contribution in [0.1, 0.15) is 42.8 Å². The number of rotatable bonds is 3. The number of piperidine rings is 1. The van der Waals surface area contributed by atoms with Gasteiger partial charge in [0, 0.05) is 18.8 Å². The Kier molecular flexibility index (Phi) is 5.49. The Morgan fingerprint density at radius 3 is 2.52 bits per heavy atom. The number of benzene rings is 1. The van der Waals surface area contributed by atoms with Gasteiger partial charge in [-0.2, -0.15) is 0 Å². The normalized spacial score (nSPS) is 15.6. The number of urea groups is 1. The van der Waals surface area contributed by atoms with E-state index in [4.69, 9.17) is 0 Å². The molecule has 0 bridgehead atoms. The number of hydrogen-bond acceptors (Lipinski definition) is 2. The Bertz CT molecular complexity index is 745. The highest BCUT2D eigenvalue weighted by Crippen LogP contribution is 2.20. The van der Waals surface area contributed by atoms with E-state index in [2.05, 4.69) is 16.4 Å². The van der Waals surface area contributed by atoms with E-state index in [0.717, 1.165) is 42.9 Å². The highest BCUT2D eigenvalue weighted by molar-refractivity contribution is 5.75. The lowest BCUT2D eigenvalue weighted by molar-refractivity contribution is 0.190. The number of amides is 2. The number of carbonyl (C=O) groups is 1. The predicted molar refractivity (Wildman–Crippen MR) is 101 cm³/mol. The Morgan fingerprint density at radius 2 is 1.84 bits per heavy atom. The van der Waals surface area contributed by atoms with Crippen LogP contribution >= 0.6 is 0 Å². The molecule has 3 rings (SSSR count). The highest BCUT2D eigenvalue weighted by atomic mass is 16.2. The van der Waals surface area contributed by atoms with Gasteiger partial charge in [0.2, 0.25) is 0 Å². The Morgan fingerprint density at radius 1 is 1.12 bits per heavy atom. The third-order valence-corrected chi connectivity index (χ3v) is 4.59. The van der Waals surface area contributed by atoms with Crippen molar-refractivity contribution in [2.45, 2.75) is 32.7 Å². The number of aryl methyl sites for hydroxylation is 1. The summed E-state index contributed by atoms with van der Waals surface area (Å²) < 4.78 is 0. The third-order valence-electron chi connectivity index (χ3n) is 4.59. The number of nitrogens with one attached hydrogen (secondary N) is 1. The fraction of sp³-hybridized carbons (Fsp3) is 0.333. The van der Waals surface area contributed by atoms with Crippen LogP contribution in [0, 0.1) is 6.92 Å². The van der Waals surface area contributed by atoms with Crippen molar-refractivity contribution >= 4 is 12.1 Å². The van der Waals surface area contributed by atoms with Crippen molar-refractivity contribution in [1.29, 1.82) is 0 Å². The number of likely N-dealkylation sites (tertiary alicyclic amines) is 1. The van der Waals surface area contributed by atoms with E-state index < -0.39 is 0 Å². The number of aromatic nitrogens is 1. The van der Waals surface area contributed by atoms with E-state index in [9.17, 15) is 4.79 Å². The van der Waals surface area contributed by atoms with Gasteiger partial charge in [-0.1, -0.05) is 42.0 Å². The van der Waals surface area contributed by atoms with Crippen LogP contribution in [0.3, 0.4) is 0 Å². The van der Waals surface area contributed by atoms with Gasteiger partial charge in [0.25, 0.3) is 0 Å². The van der Waals surface area contributed by atoms with Crippen LogP contribution in [0.15, 0.2) is 54.1 Å². The Balaban J connectivity index is 1.54. The first-order valence-electron chi connectivity index (χ1n) is 8.85. The van der Waals surface area contributed by atoms with Gasteiger partial charge in [-0.05, 0) is 50.5 Å². The Labute approximate surface area is 149 Å². The van der Waals surface area contributed by atoms with Crippen LogP contribution < -0.4 is 5.32 Å². The monoisotopic (exact) mass is 335 g/mol. The molecule has 1 N–H and O–H groups in total. The minimum absolute atomic E-state index is 0.0159. The van der Waals surface area contributed by atoms with Crippen molar-refractivity contribution < 1.29 is 4.79 Å². The number of carbonyl (C=O) groups excluding carboxylic acids is 1. The summed E-state index contributed by atoms with van der Waals surface area (Å²) >= 11 is 0. The van der Waals surface area contributed by atoms with Crippen molar-refractivity contribution in [2.75, 3.05) is 13.1 Å². The van der Waals surface area contributed by atoms with Crippen molar-refractivity contribution in [3.63, 3.8) is 0 Å². The van der Waals surface area contributed by atoms with Crippen LogP contribution in [0.2, 0.25) is 0 Å². The van der Waals surface area contributed by atoms with Crippen LogP contribution in [-0.2, 0) is 0 Å². The van der Waals surface area contributed by atoms with Gasteiger partial charge in [-0.25, -0.2) is 4.79 Å². The largest absolute Gasteiger partial charge is 0.331 e. The standard InChI is InChI=1S/C21H25N3O/c1-16-7-6-10-20(22-16)15-18-11-13-24(14-12-18)21(25)23-17(2)19-8-4-3-5-9-19/h3-10,15,17H,11-14H2,1-2H3,(H,23,25)/t17-/m0/s1. The second kappa shape index (κ2) is 7.97. The van der Waals surface area contributed by atoms with E-state index >= 15 is 0 Å². The summed E-state index contributed by atoms with van der Waals surface area (Å²) in [4.78, 5) is 18.9. The van der Waals surface area contributed by atoms with Gasteiger partial charge in [0.1, 0.15) is 0 Å².